The van der Waals surface area contributed by atoms with Gasteiger partial charge in [0.05, 0.1) is 20.2 Å². The summed E-state index contributed by atoms with van der Waals surface area (Å²) in [7, 11) is 2.00. The molecule has 0 saturated heterocycles. The number of benzene rings is 1. The van der Waals surface area contributed by atoms with Gasteiger partial charge in [0.25, 0.3) is 0 Å². The van der Waals surface area contributed by atoms with Gasteiger partial charge in [0, 0.05) is 6.42 Å². The Morgan fingerprint density at radius 1 is 1.35 bits per heavy atom. The lowest BCUT2D eigenvalue weighted by molar-refractivity contribution is -0.671. The molecule has 0 atom stereocenters. The van der Waals surface area contributed by atoms with Gasteiger partial charge in [-0.15, -0.1) is 0 Å². The van der Waals surface area contributed by atoms with E-state index < -0.39 is 0 Å². The summed E-state index contributed by atoms with van der Waals surface area (Å²) in [4.78, 5) is 0. The van der Waals surface area contributed by atoms with E-state index in [0.29, 0.717) is 12.4 Å². The van der Waals surface area contributed by atoms with E-state index in [9.17, 15) is 5.11 Å². The number of rotatable bonds is 5. The van der Waals surface area contributed by atoms with E-state index in [1.807, 2.05) is 36.4 Å². The largest absolute Gasteiger partial charge is 0.504 e. The molecule has 0 aliphatic heterocycles. The molecule has 90 valence electrons. The van der Waals surface area contributed by atoms with Crippen molar-refractivity contribution in [3.8, 4) is 11.5 Å². The van der Waals surface area contributed by atoms with Crippen molar-refractivity contribution in [3.05, 3.63) is 43.0 Å². The molecule has 4 nitrogen and oxygen atoms in total. The molecule has 0 radical (unpaired) electrons. The normalized spacial score (nSPS) is 10.4. The van der Waals surface area contributed by atoms with Gasteiger partial charge in [-0.3, -0.25) is 0 Å². The topological polar surface area (TPSA) is 38.3 Å². The van der Waals surface area contributed by atoms with Gasteiger partial charge in [-0.1, -0.05) is 12.1 Å². The van der Waals surface area contributed by atoms with E-state index in [-0.39, 0.29) is 5.75 Å². The van der Waals surface area contributed by atoms with Gasteiger partial charge in [0.15, 0.2) is 11.5 Å². The van der Waals surface area contributed by atoms with Crippen molar-refractivity contribution >= 4 is 0 Å². The monoisotopic (exact) mass is 233 g/mol. The molecule has 0 unspecified atom stereocenters. The Kier molecular flexibility index (Phi) is 3.65. The molecule has 1 N–H and O–H groups in total. The van der Waals surface area contributed by atoms with Crippen molar-refractivity contribution in [1.29, 1.82) is 0 Å². The summed E-state index contributed by atoms with van der Waals surface area (Å²) in [6.07, 6.45) is 6.97. The third-order valence-corrected chi connectivity index (χ3v) is 2.51. The Balaban J connectivity index is 1.75. The van der Waals surface area contributed by atoms with Crippen LogP contribution in [0.5, 0.6) is 11.5 Å². The third-order valence-electron chi connectivity index (χ3n) is 2.51. The molecular formula is C13H17N2O2+. The molecule has 2 rings (SSSR count). The van der Waals surface area contributed by atoms with Crippen LogP contribution >= 0.6 is 0 Å². The Morgan fingerprint density at radius 2 is 2.18 bits per heavy atom. The van der Waals surface area contributed by atoms with Gasteiger partial charge in [-0.2, -0.15) is 0 Å². The number of phenols is 1. The van der Waals surface area contributed by atoms with Crippen LogP contribution in [-0.4, -0.2) is 16.3 Å². The maximum Gasteiger partial charge on any atom is 0.243 e. The van der Waals surface area contributed by atoms with Crippen LogP contribution in [0.4, 0.5) is 0 Å². The van der Waals surface area contributed by atoms with E-state index >= 15 is 0 Å². The average molecular weight is 233 g/mol. The van der Waals surface area contributed by atoms with Gasteiger partial charge in [-0.25, -0.2) is 9.13 Å². The molecule has 2 aromatic rings. The number of imidazole rings is 1. The van der Waals surface area contributed by atoms with Crippen molar-refractivity contribution < 1.29 is 14.4 Å². The summed E-state index contributed by atoms with van der Waals surface area (Å²) in [5.41, 5.74) is 0. The molecule has 0 aliphatic carbocycles. The second-order valence-electron chi connectivity index (χ2n) is 3.99. The van der Waals surface area contributed by atoms with E-state index in [4.69, 9.17) is 4.74 Å². The predicted molar refractivity (Wildman–Crippen MR) is 63.8 cm³/mol. The standard InChI is InChI=1S/C13H16N2O2/c1-14-8-9-15(11-14)7-4-10-17-13-6-3-2-5-12(13)16/h2-3,5-6,8-9,11H,4,7,10H2,1H3/p+1. The van der Waals surface area contributed by atoms with Crippen LogP contribution in [0.1, 0.15) is 6.42 Å². The number of hydrogen-bond acceptors (Lipinski definition) is 2. The lowest BCUT2D eigenvalue weighted by Gasteiger charge is -2.06. The molecule has 17 heavy (non-hydrogen) atoms. The number of hydrogen-bond donors (Lipinski definition) is 1. The van der Waals surface area contributed by atoms with Crippen LogP contribution in [0.2, 0.25) is 0 Å². The number of aromatic hydroxyl groups is 1. The Labute approximate surface area is 101 Å². The first kappa shape index (κ1) is 11.5. The first-order chi connectivity index (χ1) is 8.25. The quantitative estimate of drug-likeness (QED) is 0.627. The van der Waals surface area contributed by atoms with Crippen molar-refractivity contribution in [2.24, 2.45) is 7.05 Å². The fraction of sp³-hybridized carbons (Fsp3) is 0.308. The van der Waals surface area contributed by atoms with E-state index in [1.165, 1.54) is 0 Å². The van der Waals surface area contributed by atoms with Crippen LogP contribution in [0, 0.1) is 0 Å². The van der Waals surface area contributed by atoms with Gasteiger partial charge < -0.3 is 9.84 Å². The molecule has 0 bridgehead atoms. The maximum absolute atomic E-state index is 9.50. The minimum Gasteiger partial charge on any atom is -0.504 e. The molecule has 1 aromatic heterocycles. The fourth-order valence-corrected chi connectivity index (χ4v) is 1.64. The Bertz CT molecular complexity index is 480. The maximum atomic E-state index is 9.50. The minimum absolute atomic E-state index is 0.194. The zero-order valence-corrected chi connectivity index (χ0v) is 9.91. The van der Waals surface area contributed by atoms with Gasteiger partial charge in [-0.05, 0) is 12.1 Å². The summed E-state index contributed by atoms with van der Waals surface area (Å²) in [6.45, 7) is 1.51. The highest BCUT2D eigenvalue weighted by Crippen LogP contribution is 2.24. The first-order valence-corrected chi connectivity index (χ1v) is 5.67. The number of para-hydroxylation sites is 2. The minimum atomic E-state index is 0.194. The van der Waals surface area contributed by atoms with Crippen molar-refractivity contribution in [1.82, 2.24) is 4.57 Å². The van der Waals surface area contributed by atoms with Crippen molar-refractivity contribution in [3.63, 3.8) is 0 Å². The van der Waals surface area contributed by atoms with Crippen molar-refractivity contribution in [2.75, 3.05) is 6.61 Å². The zero-order valence-electron chi connectivity index (χ0n) is 9.91. The highest BCUT2D eigenvalue weighted by atomic mass is 16.5. The summed E-state index contributed by atoms with van der Waals surface area (Å²) < 4.78 is 9.60. The lowest BCUT2D eigenvalue weighted by atomic mass is 10.3. The number of aryl methyl sites for hydroxylation is 2. The molecule has 0 fully saturated rings. The van der Waals surface area contributed by atoms with E-state index in [2.05, 4.69) is 4.57 Å². The van der Waals surface area contributed by atoms with E-state index in [0.717, 1.165) is 13.0 Å². The molecular weight excluding hydrogens is 216 g/mol. The van der Waals surface area contributed by atoms with Crippen LogP contribution in [0.3, 0.4) is 0 Å². The van der Waals surface area contributed by atoms with Gasteiger partial charge in [0.2, 0.25) is 6.33 Å². The highest BCUT2D eigenvalue weighted by molar-refractivity contribution is 5.37. The van der Waals surface area contributed by atoms with Crippen LogP contribution in [-0.2, 0) is 13.6 Å². The molecule has 0 spiro atoms. The van der Waals surface area contributed by atoms with Crippen LogP contribution < -0.4 is 9.30 Å². The molecule has 1 heterocycles. The fourth-order valence-electron chi connectivity index (χ4n) is 1.64. The molecule has 0 aliphatic rings. The molecule has 1 aromatic carbocycles. The third kappa shape index (κ3) is 3.24. The zero-order chi connectivity index (χ0) is 12.1. The van der Waals surface area contributed by atoms with Crippen molar-refractivity contribution in [2.45, 2.75) is 13.0 Å². The lowest BCUT2D eigenvalue weighted by Crippen LogP contribution is -2.23. The number of aromatic nitrogens is 2. The highest BCUT2D eigenvalue weighted by Gasteiger charge is 2.02. The summed E-state index contributed by atoms with van der Waals surface area (Å²) in [6, 6.07) is 7.02. The first-order valence-electron chi connectivity index (χ1n) is 5.67. The van der Waals surface area contributed by atoms with E-state index in [1.54, 1.807) is 18.2 Å². The predicted octanol–water partition coefficient (Wildman–Crippen LogP) is 1.49. The molecule has 4 heteroatoms. The number of ether oxygens (including phenoxy) is 1. The summed E-state index contributed by atoms with van der Waals surface area (Å²) in [5, 5.41) is 9.50. The average Bonchev–Trinajstić information content (AvgIpc) is 2.73. The van der Waals surface area contributed by atoms with Crippen LogP contribution in [0.15, 0.2) is 43.0 Å². The van der Waals surface area contributed by atoms with Crippen LogP contribution in [0.25, 0.3) is 0 Å². The van der Waals surface area contributed by atoms with Gasteiger partial charge >= 0.3 is 0 Å². The molecule has 0 amide bonds. The number of phenolic OH excluding ortho intramolecular Hbond substituents is 1. The smallest absolute Gasteiger partial charge is 0.243 e. The number of nitrogens with zero attached hydrogens (tertiary/aromatic N) is 2. The Morgan fingerprint density at radius 3 is 2.88 bits per heavy atom. The second kappa shape index (κ2) is 5.39. The summed E-state index contributed by atoms with van der Waals surface area (Å²) in [5.74, 6) is 0.741. The second-order valence-corrected chi connectivity index (χ2v) is 3.99. The molecule has 0 saturated carbocycles. The van der Waals surface area contributed by atoms with Gasteiger partial charge in [0.1, 0.15) is 12.4 Å². The summed E-state index contributed by atoms with van der Waals surface area (Å²) >= 11 is 0. The SMILES string of the molecule is C[n+]1ccn(CCCOc2ccccc2O)c1. The Hall–Kier alpha value is -1.97.